The van der Waals surface area contributed by atoms with Crippen molar-refractivity contribution in [3.63, 3.8) is 0 Å². The molecule has 5 heteroatoms. The highest BCUT2D eigenvalue weighted by molar-refractivity contribution is 6.01. The molecular formula is C27H34O5. The topological polar surface area (TPSA) is 72.8 Å². The molecule has 0 aliphatic heterocycles. The van der Waals surface area contributed by atoms with Crippen LogP contribution < -0.4 is 9.47 Å². The Bertz CT molecular complexity index is 941. The molecular weight excluding hydrogens is 404 g/mol. The summed E-state index contributed by atoms with van der Waals surface area (Å²) in [5.74, 6) is 0.957. The van der Waals surface area contributed by atoms with Gasteiger partial charge in [-0.3, -0.25) is 9.59 Å². The summed E-state index contributed by atoms with van der Waals surface area (Å²) < 4.78 is 12.0. The van der Waals surface area contributed by atoms with Gasteiger partial charge in [-0.2, -0.15) is 0 Å². The zero-order chi connectivity index (χ0) is 23.3. The van der Waals surface area contributed by atoms with Crippen LogP contribution in [0.1, 0.15) is 68.4 Å². The molecule has 1 saturated carbocycles. The van der Waals surface area contributed by atoms with Crippen molar-refractivity contribution < 1.29 is 24.2 Å². The fourth-order valence-corrected chi connectivity index (χ4v) is 3.57. The van der Waals surface area contributed by atoms with Crippen molar-refractivity contribution in [2.24, 2.45) is 11.3 Å². The van der Waals surface area contributed by atoms with Crippen LogP contribution in [0.25, 0.3) is 0 Å². The van der Waals surface area contributed by atoms with Crippen LogP contribution in [-0.2, 0) is 17.6 Å². The lowest BCUT2D eigenvalue weighted by atomic mass is 9.86. The Morgan fingerprint density at radius 3 is 2.34 bits per heavy atom. The predicted octanol–water partition coefficient (Wildman–Crippen LogP) is 5.73. The molecule has 0 amide bonds. The molecule has 1 N–H and O–H groups in total. The first-order valence-electron chi connectivity index (χ1n) is 11.5. The Labute approximate surface area is 190 Å². The minimum Gasteiger partial charge on any atom is -0.493 e. The van der Waals surface area contributed by atoms with E-state index in [0.29, 0.717) is 30.8 Å². The number of aliphatic carboxylic acids is 1. The molecule has 0 radical (unpaired) electrons. The molecule has 0 aromatic heterocycles. The predicted molar refractivity (Wildman–Crippen MR) is 125 cm³/mol. The van der Waals surface area contributed by atoms with E-state index in [4.69, 9.17) is 9.47 Å². The van der Waals surface area contributed by atoms with Crippen molar-refractivity contribution in [2.75, 3.05) is 6.61 Å². The molecule has 1 aliphatic carbocycles. The highest BCUT2D eigenvalue weighted by Gasteiger charge is 2.32. The van der Waals surface area contributed by atoms with Gasteiger partial charge in [0.2, 0.25) is 0 Å². The number of rotatable bonds is 12. The van der Waals surface area contributed by atoms with Crippen molar-refractivity contribution >= 4 is 11.8 Å². The summed E-state index contributed by atoms with van der Waals surface area (Å²) >= 11 is 0. The van der Waals surface area contributed by atoms with Crippen molar-refractivity contribution in [1.29, 1.82) is 0 Å². The number of benzene rings is 2. The largest absolute Gasteiger partial charge is 0.493 e. The molecule has 1 fully saturated rings. The fourth-order valence-electron chi connectivity index (χ4n) is 3.57. The van der Waals surface area contributed by atoms with Gasteiger partial charge in [-0.05, 0) is 81.8 Å². The highest BCUT2D eigenvalue weighted by atomic mass is 16.5. The van der Waals surface area contributed by atoms with Crippen LogP contribution >= 0.6 is 0 Å². The first kappa shape index (κ1) is 23.8. The molecule has 0 saturated heterocycles. The average Bonchev–Trinajstić information content (AvgIpc) is 3.60. The summed E-state index contributed by atoms with van der Waals surface area (Å²) in [7, 11) is 0. The number of carboxylic acids is 1. The van der Waals surface area contributed by atoms with Crippen molar-refractivity contribution in [3.8, 4) is 11.5 Å². The van der Waals surface area contributed by atoms with Gasteiger partial charge in [-0.1, -0.05) is 25.1 Å². The van der Waals surface area contributed by atoms with E-state index in [2.05, 4.69) is 6.92 Å². The van der Waals surface area contributed by atoms with E-state index in [9.17, 15) is 14.7 Å². The zero-order valence-electron chi connectivity index (χ0n) is 19.5. The number of carbonyl (C=O) groups is 2. The number of hydrogen-bond acceptors (Lipinski definition) is 4. The Morgan fingerprint density at radius 1 is 1.09 bits per heavy atom. The highest BCUT2D eigenvalue weighted by Crippen LogP contribution is 2.36. The summed E-state index contributed by atoms with van der Waals surface area (Å²) in [5.41, 5.74) is 2.02. The molecule has 32 heavy (non-hydrogen) atoms. The molecule has 0 spiro atoms. The molecule has 0 bridgehead atoms. The minimum absolute atomic E-state index is 0.0936. The molecule has 1 atom stereocenters. The molecule has 1 unspecified atom stereocenters. The van der Waals surface area contributed by atoms with E-state index >= 15 is 0 Å². The molecule has 1 aliphatic rings. The van der Waals surface area contributed by atoms with Gasteiger partial charge in [0.15, 0.2) is 5.78 Å². The summed E-state index contributed by atoms with van der Waals surface area (Å²) in [6.45, 7) is 8.00. The van der Waals surface area contributed by atoms with Crippen LogP contribution in [0.4, 0.5) is 0 Å². The maximum absolute atomic E-state index is 12.7. The van der Waals surface area contributed by atoms with Crippen molar-refractivity contribution in [1.82, 2.24) is 0 Å². The van der Waals surface area contributed by atoms with Gasteiger partial charge >= 0.3 is 5.97 Å². The molecule has 2 aromatic rings. The Morgan fingerprint density at radius 2 is 1.75 bits per heavy atom. The van der Waals surface area contributed by atoms with Gasteiger partial charge in [-0.15, -0.1) is 0 Å². The Hall–Kier alpha value is -2.82. The second-order valence-electron chi connectivity index (χ2n) is 9.40. The third-order valence-electron chi connectivity index (χ3n) is 5.94. The van der Waals surface area contributed by atoms with Crippen molar-refractivity contribution in [2.45, 2.75) is 65.9 Å². The van der Waals surface area contributed by atoms with Gasteiger partial charge in [0.05, 0.1) is 23.7 Å². The maximum Gasteiger partial charge on any atom is 0.309 e. The fraction of sp³-hybridized carbons (Fsp3) is 0.481. The van der Waals surface area contributed by atoms with E-state index in [1.807, 2.05) is 49.4 Å². The van der Waals surface area contributed by atoms with Crippen LogP contribution in [0.15, 0.2) is 42.5 Å². The second-order valence-corrected chi connectivity index (χ2v) is 9.40. The lowest BCUT2D eigenvalue weighted by Gasteiger charge is -2.19. The van der Waals surface area contributed by atoms with Gasteiger partial charge in [0.25, 0.3) is 0 Å². The van der Waals surface area contributed by atoms with Crippen LogP contribution in [-0.4, -0.2) is 29.6 Å². The smallest absolute Gasteiger partial charge is 0.309 e. The summed E-state index contributed by atoms with van der Waals surface area (Å²) in [4.78, 5) is 24.0. The maximum atomic E-state index is 12.7. The molecule has 5 nitrogen and oxygen atoms in total. The quantitative estimate of drug-likeness (QED) is 0.428. The van der Waals surface area contributed by atoms with Crippen LogP contribution in [0.3, 0.4) is 0 Å². The molecule has 0 heterocycles. The molecule has 2 aromatic carbocycles. The number of carboxylic acid groups (broad SMARTS) is 1. The lowest BCUT2D eigenvalue weighted by Crippen LogP contribution is -2.26. The Kier molecular flexibility index (Phi) is 7.60. The van der Waals surface area contributed by atoms with Crippen LogP contribution in [0.5, 0.6) is 11.5 Å². The minimum atomic E-state index is -0.807. The third kappa shape index (κ3) is 6.35. The van der Waals surface area contributed by atoms with Gasteiger partial charge in [-0.25, -0.2) is 0 Å². The second kappa shape index (κ2) is 10.2. The SMILES string of the molecule is CCc1ccc(OC(C)CCOc2ccc(CC(C)(C)C(=O)O)cc2)c(C(=O)C2CC2)c1. The molecule has 3 rings (SSSR count). The normalized spacial score (nSPS) is 14.6. The standard InChI is InChI=1S/C27H34O5/c1-5-19-8-13-24(23(16-19)25(28)21-9-10-21)32-18(2)14-15-31-22-11-6-20(7-12-22)17-27(3,4)26(29)30/h6-8,11-13,16,18,21H,5,9-10,14-15,17H2,1-4H3,(H,29,30). The number of carbonyl (C=O) groups excluding carboxylic acids is 1. The number of hydrogen-bond donors (Lipinski definition) is 1. The number of Topliss-reactive ketones (excluding diaryl/α,β-unsaturated/α-hetero) is 1. The summed E-state index contributed by atoms with van der Waals surface area (Å²) in [6.07, 6.45) is 3.90. The first-order chi connectivity index (χ1) is 15.2. The van der Waals surface area contributed by atoms with E-state index < -0.39 is 11.4 Å². The van der Waals surface area contributed by atoms with Crippen LogP contribution in [0, 0.1) is 11.3 Å². The zero-order valence-corrected chi connectivity index (χ0v) is 19.5. The van der Waals surface area contributed by atoms with Gasteiger partial charge < -0.3 is 14.6 Å². The number of aryl methyl sites for hydroxylation is 1. The summed E-state index contributed by atoms with van der Waals surface area (Å²) in [5, 5.41) is 9.28. The monoisotopic (exact) mass is 438 g/mol. The number of ether oxygens (including phenoxy) is 2. The Balaban J connectivity index is 1.52. The van der Waals surface area contributed by atoms with E-state index in [0.717, 1.165) is 36.1 Å². The lowest BCUT2D eigenvalue weighted by molar-refractivity contribution is -0.146. The van der Waals surface area contributed by atoms with Gasteiger partial charge in [0, 0.05) is 12.3 Å². The van der Waals surface area contributed by atoms with Gasteiger partial charge in [0.1, 0.15) is 11.5 Å². The third-order valence-corrected chi connectivity index (χ3v) is 5.94. The van der Waals surface area contributed by atoms with Crippen molar-refractivity contribution in [3.05, 3.63) is 59.2 Å². The van der Waals surface area contributed by atoms with E-state index in [1.54, 1.807) is 13.8 Å². The van der Waals surface area contributed by atoms with E-state index in [-0.39, 0.29) is 17.8 Å². The average molecular weight is 439 g/mol. The molecule has 172 valence electrons. The summed E-state index contributed by atoms with van der Waals surface area (Å²) in [6, 6.07) is 13.5. The first-order valence-corrected chi connectivity index (χ1v) is 11.5. The number of ketones is 1. The van der Waals surface area contributed by atoms with E-state index in [1.165, 1.54) is 0 Å². The van der Waals surface area contributed by atoms with Crippen LogP contribution in [0.2, 0.25) is 0 Å².